The lowest BCUT2D eigenvalue weighted by atomic mass is 9.75. The summed E-state index contributed by atoms with van der Waals surface area (Å²) in [6, 6.07) is 0.478. The molecule has 1 aliphatic heterocycles. The van der Waals surface area contributed by atoms with Gasteiger partial charge in [0.1, 0.15) is 0 Å². The van der Waals surface area contributed by atoms with Crippen LogP contribution in [0.4, 0.5) is 0 Å². The zero-order chi connectivity index (χ0) is 13.5. The molecular weight excluding hydrogens is 224 g/mol. The molecule has 0 bridgehead atoms. The second-order valence-electron chi connectivity index (χ2n) is 7.21. The van der Waals surface area contributed by atoms with Gasteiger partial charge >= 0.3 is 0 Å². The molecule has 2 rings (SSSR count). The minimum Gasteiger partial charge on any atom is -0.323 e. The van der Waals surface area contributed by atoms with E-state index in [1.54, 1.807) is 0 Å². The number of nitrogens with zero attached hydrogens (tertiary/aromatic N) is 1. The summed E-state index contributed by atoms with van der Waals surface area (Å²) in [6.07, 6.45) is 5.00. The molecule has 0 aromatic carbocycles. The number of hydrogen-bond acceptors (Lipinski definition) is 2. The third kappa shape index (κ3) is 2.56. The molecule has 0 aromatic heterocycles. The fourth-order valence-corrected chi connectivity index (χ4v) is 3.40. The lowest BCUT2D eigenvalue weighted by Crippen LogP contribution is -2.45. The van der Waals surface area contributed by atoms with E-state index >= 15 is 0 Å². The van der Waals surface area contributed by atoms with Gasteiger partial charge in [0.15, 0.2) is 0 Å². The van der Waals surface area contributed by atoms with Crippen LogP contribution >= 0.6 is 0 Å². The molecule has 2 aliphatic rings. The summed E-state index contributed by atoms with van der Waals surface area (Å²) in [7, 11) is 0. The highest BCUT2D eigenvalue weighted by Gasteiger charge is 2.43. The molecule has 18 heavy (non-hydrogen) atoms. The summed E-state index contributed by atoms with van der Waals surface area (Å²) < 4.78 is 0. The summed E-state index contributed by atoms with van der Waals surface area (Å²) in [5, 5.41) is 3.45. The Balaban J connectivity index is 2.03. The quantitative estimate of drug-likeness (QED) is 0.819. The van der Waals surface area contributed by atoms with E-state index in [1.807, 2.05) is 0 Å². The van der Waals surface area contributed by atoms with Crippen LogP contribution in [0.15, 0.2) is 0 Å². The van der Waals surface area contributed by atoms with Crippen LogP contribution < -0.4 is 5.32 Å². The fraction of sp³-hybridized carbons (Fsp3) is 0.933. The fourth-order valence-electron chi connectivity index (χ4n) is 3.40. The molecule has 2 fully saturated rings. The van der Waals surface area contributed by atoms with Crippen LogP contribution in [0.2, 0.25) is 0 Å². The zero-order valence-corrected chi connectivity index (χ0v) is 12.5. The maximum absolute atomic E-state index is 12.5. The van der Waals surface area contributed by atoms with E-state index in [0.29, 0.717) is 23.3 Å². The van der Waals surface area contributed by atoms with E-state index in [-0.39, 0.29) is 12.2 Å². The first kappa shape index (κ1) is 13.9. The van der Waals surface area contributed by atoms with Gasteiger partial charge in [-0.1, -0.05) is 27.7 Å². The molecular formula is C15H28N2O. The van der Waals surface area contributed by atoms with Crippen LogP contribution in [0.3, 0.4) is 0 Å². The summed E-state index contributed by atoms with van der Waals surface area (Å²) >= 11 is 0. The molecule has 1 saturated carbocycles. The standard InChI is InChI=1S/C15H28N2O/c1-10(2)13-14(18)17(11(3)16-13)12-6-8-15(4,5)9-7-12/h10-13,16H,6-9H2,1-5H3. The third-order valence-electron chi connectivity index (χ3n) is 4.73. The third-order valence-corrected chi connectivity index (χ3v) is 4.73. The van der Waals surface area contributed by atoms with Crippen molar-refractivity contribution in [3.05, 3.63) is 0 Å². The Kier molecular flexibility index (Phi) is 3.72. The molecule has 2 atom stereocenters. The van der Waals surface area contributed by atoms with Crippen LogP contribution in [-0.2, 0) is 4.79 Å². The van der Waals surface area contributed by atoms with Crippen LogP contribution in [0.1, 0.15) is 60.3 Å². The van der Waals surface area contributed by atoms with E-state index < -0.39 is 0 Å². The molecule has 0 aromatic rings. The van der Waals surface area contributed by atoms with Gasteiger partial charge in [-0.25, -0.2) is 0 Å². The Bertz CT molecular complexity index is 314. The van der Waals surface area contributed by atoms with E-state index in [9.17, 15) is 4.79 Å². The average Bonchev–Trinajstić information content (AvgIpc) is 2.56. The van der Waals surface area contributed by atoms with Crippen molar-refractivity contribution in [1.82, 2.24) is 10.2 Å². The van der Waals surface area contributed by atoms with Gasteiger partial charge in [0.05, 0.1) is 12.2 Å². The van der Waals surface area contributed by atoms with Gasteiger partial charge in [0.2, 0.25) is 5.91 Å². The highest BCUT2D eigenvalue weighted by Crippen LogP contribution is 2.38. The molecule has 1 saturated heterocycles. The van der Waals surface area contributed by atoms with Gasteiger partial charge in [0.25, 0.3) is 0 Å². The van der Waals surface area contributed by atoms with Crippen molar-refractivity contribution < 1.29 is 4.79 Å². The second-order valence-corrected chi connectivity index (χ2v) is 7.21. The molecule has 1 heterocycles. The van der Waals surface area contributed by atoms with E-state index in [4.69, 9.17) is 0 Å². The molecule has 3 heteroatoms. The van der Waals surface area contributed by atoms with Crippen molar-refractivity contribution in [3.8, 4) is 0 Å². The van der Waals surface area contributed by atoms with E-state index in [2.05, 4.69) is 44.8 Å². The molecule has 1 aliphatic carbocycles. The van der Waals surface area contributed by atoms with Crippen LogP contribution in [0.25, 0.3) is 0 Å². The molecule has 0 radical (unpaired) electrons. The van der Waals surface area contributed by atoms with Crippen LogP contribution in [-0.4, -0.2) is 29.1 Å². The van der Waals surface area contributed by atoms with Gasteiger partial charge in [0, 0.05) is 6.04 Å². The highest BCUT2D eigenvalue weighted by atomic mass is 16.2. The van der Waals surface area contributed by atoms with Crippen molar-refractivity contribution in [2.45, 2.75) is 78.6 Å². The number of carbonyl (C=O) groups excluding carboxylic acids is 1. The maximum atomic E-state index is 12.5. The lowest BCUT2D eigenvalue weighted by molar-refractivity contribution is -0.133. The SMILES string of the molecule is CC(C)C1NC(C)N(C2CCC(C)(C)CC2)C1=O. The zero-order valence-electron chi connectivity index (χ0n) is 12.5. The highest BCUT2D eigenvalue weighted by molar-refractivity contribution is 5.84. The second kappa shape index (κ2) is 4.84. The van der Waals surface area contributed by atoms with Gasteiger partial charge in [-0.05, 0) is 43.9 Å². The molecule has 2 unspecified atom stereocenters. The molecule has 1 amide bonds. The predicted molar refractivity (Wildman–Crippen MR) is 74.1 cm³/mol. The van der Waals surface area contributed by atoms with Crippen molar-refractivity contribution >= 4 is 5.91 Å². The predicted octanol–water partition coefficient (Wildman–Crippen LogP) is 2.76. The first-order valence-corrected chi connectivity index (χ1v) is 7.40. The average molecular weight is 252 g/mol. The van der Waals surface area contributed by atoms with Gasteiger partial charge in [-0.3, -0.25) is 10.1 Å². The number of hydrogen-bond donors (Lipinski definition) is 1. The Morgan fingerprint density at radius 2 is 1.83 bits per heavy atom. The van der Waals surface area contributed by atoms with E-state index in [1.165, 1.54) is 12.8 Å². The Labute approximate surface area is 111 Å². The molecule has 3 nitrogen and oxygen atoms in total. The Hall–Kier alpha value is -0.570. The summed E-state index contributed by atoms with van der Waals surface area (Å²) in [4.78, 5) is 14.6. The smallest absolute Gasteiger partial charge is 0.241 e. The summed E-state index contributed by atoms with van der Waals surface area (Å²) in [6.45, 7) is 11.0. The topological polar surface area (TPSA) is 32.3 Å². The minimum absolute atomic E-state index is 0.0231. The monoisotopic (exact) mass is 252 g/mol. The van der Waals surface area contributed by atoms with Gasteiger partial charge < -0.3 is 4.90 Å². The molecule has 1 N–H and O–H groups in total. The Morgan fingerprint density at radius 3 is 2.28 bits per heavy atom. The maximum Gasteiger partial charge on any atom is 0.241 e. The summed E-state index contributed by atoms with van der Waals surface area (Å²) in [5.74, 6) is 0.701. The number of nitrogens with one attached hydrogen (secondary N) is 1. The number of carbonyl (C=O) groups is 1. The number of rotatable bonds is 2. The minimum atomic E-state index is 0.0231. The normalized spacial score (nSPS) is 33.4. The van der Waals surface area contributed by atoms with E-state index in [0.717, 1.165) is 12.8 Å². The van der Waals surface area contributed by atoms with Crippen molar-refractivity contribution in [2.75, 3.05) is 0 Å². The molecule has 104 valence electrons. The van der Waals surface area contributed by atoms with Gasteiger partial charge in [-0.2, -0.15) is 0 Å². The van der Waals surface area contributed by atoms with Crippen molar-refractivity contribution in [2.24, 2.45) is 11.3 Å². The number of amides is 1. The van der Waals surface area contributed by atoms with Crippen LogP contribution in [0.5, 0.6) is 0 Å². The Morgan fingerprint density at radius 1 is 1.28 bits per heavy atom. The van der Waals surface area contributed by atoms with Crippen molar-refractivity contribution in [1.29, 1.82) is 0 Å². The van der Waals surface area contributed by atoms with Crippen LogP contribution in [0, 0.1) is 11.3 Å². The van der Waals surface area contributed by atoms with Crippen molar-refractivity contribution in [3.63, 3.8) is 0 Å². The molecule has 0 spiro atoms. The summed E-state index contributed by atoms with van der Waals surface area (Å²) in [5.41, 5.74) is 0.466. The first-order valence-electron chi connectivity index (χ1n) is 7.40. The van der Waals surface area contributed by atoms with Gasteiger partial charge in [-0.15, -0.1) is 0 Å². The largest absolute Gasteiger partial charge is 0.323 e. The lowest BCUT2D eigenvalue weighted by Gasteiger charge is -2.40. The first-order chi connectivity index (χ1) is 8.32.